The Balaban J connectivity index is -0.0000000450. The van der Waals surface area contributed by atoms with Gasteiger partial charge < -0.3 is 14.1 Å². The molecule has 0 bridgehead atoms. The summed E-state index contributed by atoms with van der Waals surface area (Å²) in [6, 6.07) is 0. The first-order valence-corrected chi connectivity index (χ1v) is 1.84. The third-order valence-corrected chi connectivity index (χ3v) is 0. The first kappa shape index (κ1) is 15.8. The van der Waals surface area contributed by atoms with Gasteiger partial charge in [0.05, 0.1) is 0 Å². The zero-order valence-electron chi connectivity index (χ0n) is 2.43. The maximum Gasteiger partial charge on any atom is 2.00 e. The van der Waals surface area contributed by atoms with Crippen molar-refractivity contribution in [1.29, 1.82) is 0 Å². The first-order valence-electron chi connectivity index (χ1n) is 0.612. The summed E-state index contributed by atoms with van der Waals surface area (Å²) in [6.07, 6.45) is 0. The van der Waals surface area contributed by atoms with Crippen molar-refractivity contribution < 1.29 is 14.1 Å². The minimum atomic E-state index is -3.63. The van der Waals surface area contributed by atoms with Gasteiger partial charge >= 0.3 is 37.7 Å². The standard InChI is InChI=1S/CH4.Ca.O3Si/c;;1-4(2)3/h1H4;;/q;+2;-2. The van der Waals surface area contributed by atoms with E-state index < -0.39 is 9.17 Å². The summed E-state index contributed by atoms with van der Waals surface area (Å²) in [7, 11) is -3.63. The predicted molar refractivity (Wildman–Crippen MR) is 18.9 cm³/mol. The molecule has 0 rings (SSSR count). The van der Waals surface area contributed by atoms with Crippen LogP contribution >= 0.6 is 0 Å². The molecule has 0 aliphatic rings. The zero-order valence-corrected chi connectivity index (χ0v) is 5.64. The van der Waals surface area contributed by atoms with Crippen LogP contribution in [0.4, 0.5) is 0 Å². The van der Waals surface area contributed by atoms with Crippen LogP contribution in [0.25, 0.3) is 0 Å². The van der Waals surface area contributed by atoms with Crippen molar-refractivity contribution >= 4 is 46.9 Å². The molecular weight excluding hydrogens is 128 g/mol. The summed E-state index contributed by atoms with van der Waals surface area (Å²) in [5, 5.41) is 0. The molecule has 0 aromatic rings. The molecule has 6 heavy (non-hydrogen) atoms. The Morgan fingerprint density at radius 2 is 1.33 bits per heavy atom. The normalized spacial score (nSPS) is 4.00. The topological polar surface area (TPSA) is 63.2 Å². The van der Waals surface area contributed by atoms with Gasteiger partial charge in [0, 0.05) is 9.17 Å². The molecule has 32 valence electrons. The molecule has 0 unspecified atom stereocenters. The number of rotatable bonds is 0. The molecule has 0 saturated carbocycles. The summed E-state index contributed by atoms with van der Waals surface area (Å²) in [5.74, 6) is 0. The van der Waals surface area contributed by atoms with Crippen LogP contribution in [0.15, 0.2) is 0 Å². The third-order valence-electron chi connectivity index (χ3n) is 0. The Hall–Kier alpha value is 0.877. The van der Waals surface area contributed by atoms with Gasteiger partial charge in [0.15, 0.2) is 0 Å². The average Bonchev–Trinajstić information content (AvgIpc) is 0.811. The van der Waals surface area contributed by atoms with E-state index >= 15 is 0 Å². The number of hydrogen-bond acceptors (Lipinski definition) is 3. The van der Waals surface area contributed by atoms with Crippen LogP contribution in [-0.2, 0) is 4.46 Å². The Morgan fingerprint density at radius 1 is 1.33 bits per heavy atom. The van der Waals surface area contributed by atoms with Gasteiger partial charge in [-0.1, -0.05) is 7.43 Å². The van der Waals surface area contributed by atoms with Gasteiger partial charge in [0.2, 0.25) is 0 Å². The second-order valence-electron chi connectivity index (χ2n) is 0.250. The van der Waals surface area contributed by atoms with Crippen LogP contribution in [0.3, 0.4) is 0 Å². The summed E-state index contributed by atoms with van der Waals surface area (Å²) in [5.41, 5.74) is 0. The van der Waals surface area contributed by atoms with Crippen molar-refractivity contribution in [2.24, 2.45) is 0 Å². The molecule has 0 fully saturated rings. The quantitative estimate of drug-likeness (QED) is 0.339. The van der Waals surface area contributed by atoms with E-state index in [-0.39, 0.29) is 45.2 Å². The van der Waals surface area contributed by atoms with Gasteiger partial charge in [-0.05, 0) is 0 Å². The molecule has 0 saturated heterocycles. The molecule has 0 amide bonds. The van der Waals surface area contributed by atoms with E-state index in [2.05, 4.69) is 0 Å². The van der Waals surface area contributed by atoms with Crippen LogP contribution in [-0.4, -0.2) is 46.9 Å². The van der Waals surface area contributed by atoms with Gasteiger partial charge in [0.1, 0.15) is 0 Å². The molecule has 0 aliphatic carbocycles. The van der Waals surface area contributed by atoms with Crippen LogP contribution < -0.4 is 9.59 Å². The van der Waals surface area contributed by atoms with E-state index in [1.54, 1.807) is 0 Å². The molecule has 0 heterocycles. The summed E-state index contributed by atoms with van der Waals surface area (Å²) < 4.78 is 8.52. The average molecular weight is 132 g/mol. The van der Waals surface area contributed by atoms with Gasteiger partial charge in [0.25, 0.3) is 0 Å². The second kappa shape index (κ2) is 9.30. The van der Waals surface area contributed by atoms with Crippen molar-refractivity contribution in [2.75, 3.05) is 0 Å². The maximum atomic E-state index is 8.52. The number of hydrogen-bond donors (Lipinski definition) is 0. The van der Waals surface area contributed by atoms with Crippen molar-refractivity contribution in [2.45, 2.75) is 7.43 Å². The minimum Gasteiger partial charge on any atom is -0.672 e. The van der Waals surface area contributed by atoms with Crippen molar-refractivity contribution in [3.8, 4) is 0 Å². The van der Waals surface area contributed by atoms with Crippen molar-refractivity contribution in [3.63, 3.8) is 0 Å². The summed E-state index contributed by atoms with van der Waals surface area (Å²) in [6.45, 7) is 0. The van der Waals surface area contributed by atoms with Crippen LogP contribution in [0.5, 0.6) is 0 Å². The fourth-order valence-corrected chi connectivity index (χ4v) is 0. The minimum absolute atomic E-state index is 0. The molecule has 0 aliphatic heterocycles. The Labute approximate surface area is 67.9 Å². The fraction of sp³-hybridized carbons (Fsp3) is 1.00. The molecule has 5 heteroatoms. The van der Waals surface area contributed by atoms with E-state index in [1.807, 2.05) is 0 Å². The van der Waals surface area contributed by atoms with Gasteiger partial charge in [-0.25, -0.2) is 0 Å². The molecule has 0 radical (unpaired) electrons. The molecular formula is CH4CaO3Si. The largest absolute Gasteiger partial charge is 2.00 e. The van der Waals surface area contributed by atoms with E-state index in [0.29, 0.717) is 0 Å². The smallest absolute Gasteiger partial charge is 0.672 e. The summed E-state index contributed by atoms with van der Waals surface area (Å²) >= 11 is 0. The van der Waals surface area contributed by atoms with Gasteiger partial charge in [-0.15, -0.1) is 0 Å². The molecule has 3 nitrogen and oxygen atoms in total. The molecule has 0 atom stereocenters. The second-order valence-corrected chi connectivity index (χ2v) is 0.750. The van der Waals surface area contributed by atoms with Crippen LogP contribution in [0.2, 0.25) is 0 Å². The third kappa shape index (κ3) is 95.4. The van der Waals surface area contributed by atoms with Crippen LogP contribution in [0.1, 0.15) is 7.43 Å². The first-order chi connectivity index (χ1) is 1.73. The van der Waals surface area contributed by atoms with E-state index in [1.165, 1.54) is 0 Å². The van der Waals surface area contributed by atoms with Crippen molar-refractivity contribution in [3.05, 3.63) is 0 Å². The molecule has 0 N–H and O–H groups in total. The maximum absolute atomic E-state index is 8.52. The van der Waals surface area contributed by atoms with E-state index in [4.69, 9.17) is 14.1 Å². The van der Waals surface area contributed by atoms with Gasteiger partial charge in [-0.3, -0.25) is 0 Å². The van der Waals surface area contributed by atoms with Gasteiger partial charge in [-0.2, -0.15) is 0 Å². The Bertz CT molecular complexity index is 33.8. The Morgan fingerprint density at radius 3 is 1.33 bits per heavy atom. The van der Waals surface area contributed by atoms with Crippen LogP contribution in [0, 0.1) is 0 Å². The summed E-state index contributed by atoms with van der Waals surface area (Å²) in [4.78, 5) is 17.0. The zero-order chi connectivity index (χ0) is 3.58. The fourth-order valence-electron chi connectivity index (χ4n) is 0. The van der Waals surface area contributed by atoms with E-state index in [0.717, 1.165) is 0 Å². The monoisotopic (exact) mass is 132 g/mol. The predicted octanol–water partition coefficient (Wildman–Crippen LogP) is -2.62. The van der Waals surface area contributed by atoms with Crippen molar-refractivity contribution in [1.82, 2.24) is 0 Å². The molecule has 0 aromatic carbocycles. The SMILES string of the molecule is C.O=[Si]([O-])[O-].[Ca+2]. The Kier molecular flexibility index (Phi) is 24.5. The van der Waals surface area contributed by atoms with E-state index in [9.17, 15) is 0 Å². The molecule has 0 aromatic heterocycles. The molecule has 0 spiro atoms.